The number of rotatable bonds is 11. The molecule has 11 aromatic carbocycles. The number of anilines is 6. The average molecular weight is 909 g/mol. The maximum Gasteiger partial charge on any atom is 0.0629 e. The van der Waals surface area contributed by atoms with E-state index in [9.17, 15) is 0 Å². The van der Waals surface area contributed by atoms with Gasteiger partial charge in [0.25, 0.3) is 0 Å². The highest BCUT2D eigenvalue weighted by Crippen LogP contribution is 2.42. The van der Waals surface area contributed by atoms with Gasteiger partial charge in [0.15, 0.2) is 0 Å². The van der Waals surface area contributed by atoms with Crippen molar-refractivity contribution >= 4 is 65.6 Å². The highest BCUT2D eigenvalue weighted by Gasteiger charge is 2.17. The lowest BCUT2D eigenvalue weighted by molar-refractivity contribution is 1.28. The zero-order chi connectivity index (χ0) is 54.6. The molecule has 0 unspecified atom stereocenters. The molecule has 0 atom stereocenters. The van der Waals surface area contributed by atoms with Crippen LogP contribution in [0.4, 0.5) is 34.1 Å². The highest BCUT2D eigenvalue weighted by molar-refractivity contribution is 7.25. The fourth-order valence-electron chi connectivity index (χ4n) is 9.03. The normalized spacial score (nSPS) is 13.2. The van der Waals surface area contributed by atoms with Crippen LogP contribution < -0.4 is 9.80 Å². The zero-order valence-corrected chi connectivity index (χ0v) is 37.9. The zero-order valence-electron chi connectivity index (χ0n) is 47.1. The third-order valence-electron chi connectivity index (χ3n) is 12.4. The lowest BCUT2D eigenvalue weighted by atomic mass is 9.92. The van der Waals surface area contributed by atoms with Crippen molar-refractivity contribution in [2.24, 2.45) is 0 Å². The van der Waals surface area contributed by atoms with Crippen LogP contribution in [0, 0.1) is 0 Å². The fourth-order valence-corrected chi connectivity index (χ4v) is 10.1. The second kappa shape index (κ2) is 18.5. The van der Waals surface area contributed by atoms with Gasteiger partial charge >= 0.3 is 0 Å². The first-order valence-corrected chi connectivity index (χ1v) is 23.5. The Balaban J connectivity index is 0.926. The smallest absolute Gasteiger partial charge is 0.0629 e. The Morgan fingerprint density at radius 2 is 0.580 bits per heavy atom. The van der Waals surface area contributed by atoms with Gasteiger partial charge in [-0.05, 0) is 165 Å². The molecule has 0 aliphatic carbocycles. The van der Waals surface area contributed by atoms with Crippen molar-refractivity contribution in [3.8, 4) is 55.6 Å². The number of hydrogen-bond acceptors (Lipinski definition) is 3. The average Bonchev–Trinajstić information content (AvgIpc) is 3.99. The largest absolute Gasteiger partial charge is 0.311 e. The van der Waals surface area contributed by atoms with Crippen LogP contribution in [0.1, 0.15) is 13.7 Å². The van der Waals surface area contributed by atoms with E-state index in [2.05, 4.69) is 119 Å². The molecule has 0 amide bonds. The van der Waals surface area contributed by atoms with Crippen molar-refractivity contribution in [3.63, 3.8) is 0 Å². The van der Waals surface area contributed by atoms with Crippen LogP contribution >= 0.6 is 11.3 Å². The molecular formula is C66H46N2S. The predicted octanol–water partition coefficient (Wildman–Crippen LogP) is 19.3. The van der Waals surface area contributed by atoms with Crippen LogP contribution in [0.2, 0.25) is 0 Å². The highest BCUT2D eigenvalue weighted by atomic mass is 32.1. The Morgan fingerprint density at radius 3 is 1.01 bits per heavy atom. The van der Waals surface area contributed by atoms with Gasteiger partial charge in [0.05, 0.1) is 13.7 Å². The number of hydrogen-bond donors (Lipinski definition) is 0. The molecule has 69 heavy (non-hydrogen) atoms. The van der Waals surface area contributed by atoms with E-state index in [4.69, 9.17) is 13.7 Å². The lowest BCUT2D eigenvalue weighted by Crippen LogP contribution is -2.09. The molecule has 0 bridgehead atoms. The Morgan fingerprint density at radius 1 is 0.246 bits per heavy atom. The van der Waals surface area contributed by atoms with Crippen molar-refractivity contribution in [1.82, 2.24) is 0 Å². The van der Waals surface area contributed by atoms with E-state index < -0.39 is 12.1 Å². The topological polar surface area (TPSA) is 6.48 Å². The second-order valence-corrected chi connectivity index (χ2v) is 17.7. The summed E-state index contributed by atoms with van der Waals surface area (Å²) in [6.07, 6.45) is 0. The number of thiophene rings is 1. The number of fused-ring (bicyclic) bond motifs is 3. The van der Waals surface area contributed by atoms with E-state index in [0.717, 1.165) is 67.5 Å². The van der Waals surface area contributed by atoms with E-state index in [-0.39, 0.29) is 59.5 Å². The predicted molar refractivity (Wildman–Crippen MR) is 296 cm³/mol. The third-order valence-corrected chi connectivity index (χ3v) is 13.6. The van der Waals surface area contributed by atoms with Crippen LogP contribution in [-0.2, 0) is 0 Å². The summed E-state index contributed by atoms with van der Waals surface area (Å²) in [7, 11) is 0. The molecule has 1 heterocycles. The van der Waals surface area contributed by atoms with Crippen molar-refractivity contribution in [1.29, 1.82) is 0 Å². The molecule has 0 saturated heterocycles. The standard InChI is InChI=1S/C66H46N2S/c1-5-15-47(16-6-1)49-25-34-59(35-26-49)67(57-19-9-3-10-20-57)61-38-29-51(30-39-61)54-43-55(45-56(44-54)53-33-42-66-64(46-53)63-23-13-14-24-65(63)69-66)52-31-40-62(41-32-52)68(58-21-11-4-12-22-58)60-36-27-50(28-37-60)48-17-7-2-8-18-48/h1-46H/i1D,2D,5D,6D,7D,8D,15D,16D,17D,18D. The van der Waals surface area contributed by atoms with Gasteiger partial charge in [-0.15, -0.1) is 11.3 Å². The molecule has 12 rings (SSSR count). The third kappa shape index (κ3) is 8.49. The Kier molecular flexibility index (Phi) is 8.58. The minimum atomic E-state index is -0.423. The lowest BCUT2D eigenvalue weighted by Gasteiger charge is -2.26. The minimum absolute atomic E-state index is 0.157. The van der Waals surface area contributed by atoms with Crippen LogP contribution in [0.3, 0.4) is 0 Å². The molecule has 0 spiro atoms. The van der Waals surface area contributed by atoms with Crippen molar-refractivity contribution in [2.45, 2.75) is 0 Å². The molecule has 0 radical (unpaired) electrons. The molecular weight excluding hydrogens is 853 g/mol. The summed E-state index contributed by atoms with van der Waals surface area (Å²) in [5, 5.41) is 2.44. The molecule has 0 aliphatic heterocycles. The van der Waals surface area contributed by atoms with Gasteiger partial charge in [-0.1, -0.05) is 170 Å². The van der Waals surface area contributed by atoms with Crippen molar-refractivity contribution in [2.75, 3.05) is 9.80 Å². The Bertz CT molecular complexity index is 4010. The maximum atomic E-state index is 8.58. The van der Waals surface area contributed by atoms with Gasteiger partial charge in [0, 0.05) is 54.3 Å². The molecule has 1 aromatic heterocycles. The van der Waals surface area contributed by atoms with E-state index in [0.29, 0.717) is 11.1 Å². The van der Waals surface area contributed by atoms with Crippen LogP contribution in [-0.4, -0.2) is 0 Å². The molecule has 2 nitrogen and oxygen atoms in total. The number of nitrogens with zero attached hydrogens (tertiary/aromatic N) is 2. The minimum Gasteiger partial charge on any atom is -0.311 e. The van der Waals surface area contributed by atoms with E-state index in [1.54, 1.807) is 35.6 Å². The first-order valence-electron chi connectivity index (χ1n) is 27.7. The van der Waals surface area contributed by atoms with Gasteiger partial charge in [0.2, 0.25) is 0 Å². The van der Waals surface area contributed by atoms with Gasteiger partial charge in [-0.2, -0.15) is 0 Å². The van der Waals surface area contributed by atoms with E-state index in [1.807, 2.05) is 84.9 Å². The molecule has 0 saturated carbocycles. The number of para-hydroxylation sites is 2. The van der Waals surface area contributed by atoms with Crippen molar-refractivity contribution < 1.29 is 13.7 Å². The summed E-state index contributed by atoms with van der Waals surface area (Å²) in [5.41, 5.74) is 12.9. The molecule has 0 aliphatic rings. The quantitative estimate of drug-likeness (QED) is 0.128. The van der Waals surface area contributed by atoms with Crippen molar-refractivity contribution in [3.05, 3.63) is 279 Å². The number of benzene rings is 11. The summed E-state index contributed by atoms with van der Waals surface area (Å²) < 4.78 is 85.9. The Hall–Kier alpha value is -8.76. The van der Waals surface area contributed by atoms with E-state index in [1.165, 1.54) is 20.2 Å². The first-order chi connectivity index (χ1) is 38.3. The van der Waals surface area contributed by atoms with Crippen LogP contribution in [0.5, 0.6) is 0 Å². The summed E-state index contributed by atoms with van der Waals surface area (Å²) >= 11 is 1.79. The summed E-state index contributed by atoms with van der Waals surface area (Å²) in [6.45, 7) is 0. The molecule has 3 heteroatoms. The fraction of sp³-hybridized carbons (Fsp3) is 0. The van der Waals surface area contributed by atoms with Gasteiger partial charge < -0.3 is 9.80 Å². The summed E-state index contributed by atoms with van der Waals surface area (Å²) in [4.78, 5) is 4.26. The monoisotopic (exact) mass is 908 g/mol. The SMILES string of the molecule is [2H]c1c([2H])c([2H])c(-c2ccc(N(c3ccccc3)c3ccc(-c4cc(-c5ccc(N(c6ccccc6)c6ccc(-c7c([2H])c([2H])c([2H])c([2H])c7[2H])cc6)cc5)cc(-c5ccc6sc7ccccc7c6c5)c4)cc3)cc2)c([2H])c1[2H]. The summed E-state index contributed by atoms with van der Waals surface area (Å²) in [6, 6.07) is 70.5. The molecule has 0 N–H and O–H groups in total. The van der Waals surface area contributed by atoms with E-state index >= 15 is 0 Å². The van der Waals surface area contributed by atoms with Gasteiger partial charge in [-0.25, -0.2) is 0 Å². The molecule has 0 fully saturated rings. The summed E-state index contributed by atoms with van der Waals surface area (Å²) in [5.74, 6) is 0. The maximum absolute atomic E-state index is 8.58. The van der Waals surface area contributed by atoms with Gasteiger partial charge in [0.1, 0.15) is 0 Å². The first kappa shape index (κ1) is 32.0. The second-order valence-electron chi connectivity index (χ2n) is 16.6. The molecule has 326 valence electrons. The van der Waals surface area contributed by atoms with Crippen LogP contribution in [0.25, 0.3) is 75.8 Å². The van der Waals surface area contributed by atoms with Gasteiger partial charge in [-0.3, -0.25) is 0 Å². The van der Waals surface area contributed by atoms with Crippen LogP contribution in [0.15, 0.2) is 279 Å². The Labute approximate surface area is 422 Å². The molecule has 12 aromatic rings.